The molecule has 0 aromatic heterocycles. The average Bonchev–Trinajstić information content (AvgIpc) is 1.82. The Bertz CT molecular complexity index is 195. The Morgan fingerprint density at radius 1 is 1.50 bits per heavy atom. The summed E-state index contributed by atoms with van der Waals surface area (Å²) >= 11 is 0. The normalized spacial score (nSPS) is 10.7. The van der Waals surface area contributed by atoms with Crippen LogP contribution in [-0.2, 0) is 4.74 Å². The lowest BCUT2D eigenvalue weighted by molar-refractivity contribution is 0.120. The summed E-state index contributed by atoms with van der Waals surface area (Å²) in [4.78, 5) is 12.5. The van der Waals surface area contributed by atoms with Crippen molar-refractivity contribution in [3.8, 4) is 0 Å². The molecule has 0 atom stereocenters. The summed E-state index contributed by atoms with van der Waals surface area (Å²) in [6, 6.07) is -0.587. The van der Waals surface area contributed by atoms with Crippen LogP contribution in [-0.4, -0.2) is 29.6 Å². The van der Waals surface area contributed by atoms with E-state index in [1.165, 1.54) is 4.90 Å². The van der Waals surface area contributed by atoms with E-state index < -0.39 is 12.1 Å². The predicted octanol–water partition coefficient (Wildman–Crippen LogP) is 0.747. The van der Waals surface area contributed by atoms with Gasteiger partial charge in [0.25, 0.3) is 6.02 Å². The Morgan fingerprint density at radius 3 is 2.17 bits per heavy atom. The Morgan fingerprint density at radius 2 is 1.92 bits per heavy atom. The molecule has 12 heavy (non-hydrogen) atoms. The van der Waals surface area contributed by atoms with Crippen molar-refractivity contribution in [2.24, 2.45) is 5.73 Å². The van der Waals surface area contributed by atoms with Crippen molar-refractivity contribution in [3.63, 3.8) is 0 Å². The van der Waals surface area contributed by atoms with E-state index in [9.17, 15) is 4.79 Å². The molecule has 0 unspecified atom stereocenters. The van der Waals surface area contributed by atoms with E-state index in [0.29, 0.717) is 0 Å². The topological polar surface area (TPSA) is 79.4 Å². The van der Waals surface area contributed by atoms with Gasteiger partial charge in [-0.2, -0.15) is 0 Å². The molecule has 5 heteroatoms. The van der Waals surface area contributed by atoms with Crippen LogP contribution in [0.3, 0.4) is 0 Å². The van der Waals surface area contributed by atoms with Gasteiger partial charge in [-0.05, 0) is 20.8 Å². The van der Waals surface area contributed by atoms with Gasteiger partial charge in [-0.1, -0.05) is 0 Å². The first-order valence-corrected chi connectivity index (χ1v) is 3.55. The molecule has 0 saturated heterocycles. The second-order valence-electron chi connectivity index (χ2n) is 3.46. The van der Waals surface area contributed by atoms with Crippen molar-refractivity contribution in [1.29, 1.82) is 5.41 Å². The summed E-state index contributed by atoms with van der Waals surface area (Å²) in [5.41, 5.74) is 4.56. The first-order valence-electron chi connectivity index (χ1n) is 3.55. The van der Waals surface area contributed by atoms with Gasteiger partial charge < -0.3 is 15.4 Å². The van der Waals surface area contributed by atoms with E-state index in [1.54, 1.807) is 7.05 Å². The first-order chi connectivity index (χ1) is 5.25. The fraction of sp³-hybridized carbons (Fsp3) is 0.714. The molecule has 0 spiro atoms. The minimum absolute atomic E-state index is 0.327. The standard InChI is InChI=1S/C7H15N3O2/c1-7(2,3)10(4)6(11)12-5(8)9/h1-4H3,(H3,8,9). The molecule has 0 radical (unpaired) electrons. The van der Waals surface area contributed by atoms with Gasteiger partial charge in [-0.15, -0.1) is 0 Å². The fourth-order valence-corrected chi connectivity index (χ4v) is 0.436. The van der Waals surface area contributed by atoms with E-state index >= 15 is 0 Å². The van der Waals surface area contributed by atoms with Crippen molar-refractivity contribution >= 4 is 12.1 Å². The number of ether oxygens (including phenoxy) is 1. The van der Waals surface area contributed by atoms with Crippen LogP contribution in [0.5, 0.6) is 0 Å². The molecule has 0 aliphatic carbocycles. The van der Waals surface area contributed by atoms with Crippen LogP contribution in [0.1, 0.15) is 20.8 Å². The van der Waals surface area contributed by atoms with Gasteiger partial charge >= 0.3 is 6.09 Å². The molecule has 0 aliphatic rings. The predicted molar refractivity (Wildman–Crippen MR) is 45.9 cm³/mol. The smallest absolute Gasteiger partial charge is 0.376 e. The van der Waals surface area contributed by atoms with Crippen molar-refractivity contribution < 1.29 is 9.53 Å². The van der Waals surface area contributed by atoms with Gasteiger partial charge in [0.15, 0.2) is 0 Å². The monoisotopic (exact) mass is 173 g/mol. The maximum Gasteiger partial charge on any atom is 0.417 e. The van der Waals surface area contributed by atoms with Gasteiger partial charge in [0.2, 0.25) is 0 Å². The molecule has 0 saturated carbocycles. The SMILES string of the molecule is CN(C(=O)OC(=N)N)C(C)(C)C. The maximum absolute atomic E-state index is 11.1. The first kappa shape index (κ1) is 10.7. The summed E-state index contributed by atoms with van der Waals surface area (Å²) in [5.74, 6) is 0. The zero-order chi connectivity index (χ0) is 9.94. The second kappa shape index (κ2) is 3.42. The van der Waals surface area contributed by atoms with Gasteiger partial charge in [0.1, 0.15) is 0 Å². The number of nitrogens with zero attached hydrogens (tertiary/aromatic N) is 1. The molecular formula is C7H15N3O2. The van der Waals surface area contributed by atoms with E-state index in [2.05, 4.69) is 4.74 Å². The minimum Gasteiger partial charge on any atom is -0.376 e. The van der Waals surface area contributed by atoms with E-state index in [-0.39, 0.29) is 5.54 Å². The highest BCUT2D eigenvalue weighted by molar-refractivity contribution is 5.83. The van der Waals surface area contributed by atoms with Crippen molar-refractivity contribution in [3.05, 3.63) is 0 Å². The van der Waals surface area contributed by atoms with Crippen LogP contribution in [0, 0.1) is 5.41 Å². The number of rotatable bonds is 0. The van der Waals surface area contributed by atoms with Crippen molar-refractivity contribution in [1.82, 2.24) is 4.90 Å². The number of hydrogen-bond acceptors (Lipinski definition) is 3. The lowest BCUT2D eigenvalue weighted by Gasteiger charge is -2.30. The Hall–Kier alpha value is -1.26. The molecule has 0 aromatic carbocycles. The van der Waals surface area contributed by atoms with Gasteiger partial charge in [0, 0.05) is 12.6 Å². The average molecular weight is 173 g/mol. The van der Waals surface area contributed by atoms with Crippen LogP contribution in [0.2, 0.25) is 0 Å². The van der Waals surface area contributed by atoms with E-state index in [4.69, 9.17) is 11.1 Å². The van der Waals surface area contributed by atoms with Gasteiger partial charge in [0.05, 0.1) is 0 Å². The molecule has 3 N–H and O–H groups in total. The molecule has 0 aliphatic heterocycles. The largest absolute Gasteiger partial charge is 0.417 e. The molecule has 5 nitrogen and oxygen atoms in total. The number of hydrogen-bond donors (Lipinski definition) is 2. The zero-order valence-corrected chi connectivity index (χ0v) is 7.84. The third-order valence-electron chi connectivity index (χ3n) is 1.48. The quantitative estimate of drug-likeness (QED) is 0.419. The highest BCUT2D eigenvalue weighted by Crippen LogP contribution is 2.11. The van der Waals surface area contributed by atoms with Crippen LogP contribution < -0.4 is 5.73 Å². The number of amides is 1. The Balaban J connectivity index is 4.21. The molecule has 0 rings (SSSR count). The molecule has 70 valence electrons. The number of carbonyl (C=O) groups excluding carboxylic acids is 1. The zero-order valence-electron chi connectivity index (χ0n) is 7.84. The van der Waals surface area contributed by atoms with E-state index in [1.807, 2.05) is 20.8 Å². The van der Waals surface area contributed by atoms with Crippen molar-refractivity contribution in [2.45, 2.75) is 26.3 Å². The molecule has 0 heterocycles. The Kier molecular flexibility index (Phi) is 3.06. The molecule has 0 fully saturated rings. The summed E-state index contributed by atoms with van der Waals surface area (Å²) in [6.45, 7) is 5.57. The molecular weight excluding hydrogens is 158 g/mol. The summed E-state index contributed by atoms with van der Waals surface area (Å²) < 4.78 is 4.39. The van der Waals surface area contributed by atoms with Crippen molar-refractivity contribution in [2.75, 3.05) is 7.05 Å². The van der Waals surface area contributed by atoms with Crippen LogP contribution >= 0.6 is 0 Å². The fourth-order valence-electron chi connectivity index (χ4n) is 0.436. The highest BCUT2D eigenvalue weighted by atomic mass is 16.6. The van der Waals surface area contributed by atoms with Crippen LogP contribution in [0.15, 0.2) is 0 Å². The lowest BCUT2D eigenvalue weighted by atomic mass is 10.1. The summed E-state index contributed by atoms with van der Waals surface area (Å²) in [7, 11) is 1.59. The number of nitrogens with two attached hydrogens (primary N) is 1. The summed E-state index contributed by atoms with van der Waals surface area (Å²) in [6.07, 6.45) is -0.616. The van der Waals surface area contributed by atoms with Crippen LogP contribution in [0.4, 0.5) is 4.79 Å². The number of amidine groups is 1. The highest BCUT2D eigenvalue weighted by Gasteiger charge is 2.23. The molecule has 1 amide bonds. The van der Waals surface area contributed by atoms with Gasteiger partial charge in [-0.25, -0.2) is 4.79 Å². The lowest BCUT2D eigenvalue weighted by Crippen LogP contribution is -2.44. The molecule has 0 bridgehead atoms. The summed E-state index contributed by atoms with van der Waals surface area (Å²) in [5, 5.41) is 6.73. The third-order valence-corrected chi connectivity index (χ3v) is 1.48. The van der Waals surface area contributed by atoms with E-state index in [0.717, 1.165) is 0 Å². The maximum atomic E-state index is 11.1. The third kappa shape index (κ3) is 3.23. The Labute approximate surface area is 72.0 Å². The van der Waals surface area contributed by atoms with Gasteiger partial charge in [-0.3, -0.25) is 5.41 Å². The number of nitrogens with one attached hydrogen (secondary N) is 1. The number of carbonyl (C=O) groups is 1. The van der Waals surface area contributed by atoms with Crippen LogP contribution in [0.25, 0.3) is 0 Å². The molecule has 0 aromatic rings. The second-order valence-corrected chi connectivity index (χ2v) is 3.46. The minimum atomic E-state index is -0.616.